The number of hydrogen-bond acceptors (Lipinski definition) is 5. The van der Waals surface area contributed by atoms with E-state index < -0.39 is 0 Å². The fourth-order valence-corrected chi connectivity index (χ4v) is 3.56. The van der Waals surface area contributed by atoms with Crippen LogP contribution in [-0.4, -0.2) is 84.8 Å². The fraction of sp³-hybridized carbons (Fsp3) is 0.778. The SMILES string of the molecule is COC(=O)CCC(=O)N1CCCN(C(=O)C2CCN(C(C)=O)CC2)CC1. The van der Waals surface area contributed by atoms with E-state index in [0.717, 1.165) is 6.42 Å². The van der Waals surface area contributed by atoms with E-state index >= 15 is 0 Å². The molecule has 0 aromatic carbocycles. The van der Waals surface area contributed by atoms with Crippen molar-refractivity contribution in [3.05, 3.63) is 0 Å². The molecule has 146 valence electrons. The number of hydrogen-bond donors (Lipinski definition) is 0. The van der Waals surface area contributed by atoms with Gasteiger partial charge in [-0.1, -0.05) is 0 Å². The highest BCUT2D eigenvalue weighted by atomic mass is 16.5. The van der Waals surface area contributed by atoms with E-state index in [1.165, 1.54) is 7.11 Å². The quantitative estimate of drug-likeness (QED) is 0.665. The maximum absolute atomic E-state index is 12.8. The molecule has 26 heavy (non-hydrogen) atoms. The van der Waals surface area contributed by atoms with Crippen LogP contribution < -0.4 is 0 Å². The number of carbonyl (C=O) groups is 4. The van der Waals surface area contributed by atoms with Crippen LogP contribution in [0.4, 0.5) is 0 Å². The second-order valence-electron chi connectivity index (χ2n) is 6.92. The molecular weight excluding hydrogens is 338 g/mol. The van der Waals surface area contributed by atoms with Crippen molar-refractivity contribution in [1.82, 2.24) is 14.7 Å². The molecule has 0 bridgehead atoms. The Morgan fingerprint density at radius 1 is 0.846 bits per heavy atom. The van der Waals surface area contributed by atoms with E-state index in [1.807, 2.05) is 4.90 Å². The van der Waals surface area contributed by atoms with Gasteiger partial charge in [0.2, 0.25) is 17.7 Å². The molecule has 0 aromatic heterocycles. The van der Waals surface area contributed by atoms with Gasteiger partial charge in [-0.25, -0.2) is 0 Å². The molecule has 8 nitrogen and oxygen atoms in total. The first-order valence-corrected chi connectivity index (χ1v) is 9.31. The standard InChI is InChI=1S/C18H29N3O5/c1-14(22)19-10-6-15(7-11-19)18(25)21-9-3-8-20(12-13-21)16(23)4-5-17(24)26-2/h15H,3-13H2,1-2H3. The van der Waals surface area contributed by atoms with Gasteiger partial charge in [-0.3, -0.25) is 19.2 Å². The zero-order chi connectivity index (χ0) is 19.1. The molecule has 0 spiro atoms. The third-order valence-electron chi connectivity index (χ3n) is 5.22. The number of ether oxygens (including phenoxy) is 1. The predicted octanol–water partition coefficient (Wildman–Crippen LogP) is 0.259. The first-order valence-electron chi connectivity index (χ1n) is 9.31. The molecule has 2 saturated heterocycles. The van der Waals surface area contributed by atoms with Gasteiger partial charge in [0.1, 0.15) is 0 Å². The average Bonchev–Trinajstić information content (AvgIpc) is 2.91. The van der Waals surface area contributed by atoms with Crippen molar-refractivity contribution in [3.8, 4) is 0 Å². The number of nitrogens with zero attached hydrogens (tertiary/aromatic N) is 3. The number of methoxy groups -OCH3 is 1. The first kappa shape index (κ1) is 20.2. The van der Waals surface area contributed by atoms with Gasteiger partial charge in [0, 0.05) is 58.5 Å². The van der Waals surface area contributed by atoms with Crippen LogP contribution >= 0.6 is 0 Å². The largest absolute Gasteiger partial charge is 0.469 e. The number of likely N-dealkylation sites (tertiary alicyclic amines) is 1. The number of rotatable bonds is 4. The van der Waals surface area contributed by atoms with Crippen molar-refractivity contribution in [3.63, 3.8) is 0 Å². The summed E-state index contributed by atoms with van der Waals surface area (Å²) < 4.78 is 4.56. The van der Waals surface area contributed by atoms with Crippen LogP contribution in [0.2, 0.25) is 0 Å². The Balaban J connectivity index is 1.80. The van der Waals surface area contributed by atoms with Crippen LogP contribution in [0.5, 0.6) is 0 Å². The van der Waals surface area contributed by atoms with Crippen LogP contribution in [0.25, 0.3) is 0 Å². The molecule has 0 aliphatic carbocycles. The second-order valence-corrected chi connectivity index (χ2v) is 6.92. The number of piperidine rings is 1. The van der Waals surface area contributed by atoms with Crippen molar-refractivity contribution >= 4 is 23.7 Å². The zero-order valence-electron chi connectivity index (χ0n) is 15.7. The first-order chi connectivity index (χ1) is 12.4. The minimum Gasteiger partial charge on any atom is -0.469 e. The molecule has 3 amide bonds. The lowest BCUT2D eigenvalue weighted by atomic mass is 9.95. The summed E-state index contributed by atoms with van der Waals surface area (Å²) in [5.41, 5.74) is 0. The second kappa shape index (κ2) is 9.54. The molecule has 2 aliphatic heterocycles. The van der Waals surface area contributed by atoms with E-state index in [0.29, 0.717) is 52.1 Å². The molecule has 0 saturated carbocycles. The van der Waals surface area contributed by atoms with E-state index in [-0.39, 0.29) is 42.5 Å². The Morgan fingerprint density at radius 3 is 2.08 bits per heavy atom. The van der Waals surface area contributed by atoms with Crippen LogP contribution in [-0.2, 0) is 23.9 Å². The molecular formula is C18H29N3O5. The highest BCUT2D eigenvalue weighted by Gasteiger charge is 2.30. The van der Waals surface area contributed by atoms with Crippen molar-refractivity contribution in [2.24, 2.45) is 5.92 Å². The van der Waals surface area contributed by atoms with Gasteiger partial charge in [0.05, 0.1) is 13.5 Å². The summed E-state index contributed by atoms with van der Waals surface area (Å²) in [5.74, 6) is -0.294. The van der Waals surface area contributed by atoms with Gasteiger partial charge >= 0.3 is 5.97 Å². The Morgan fingerprint density at radius 2 is 1.46 bits per heavy atom. The Kier molecular flexibility index (Phi) is 7.41. The van der Waals surface area contributed by atoms with E-state index in [4.69, 9.17) is 0 Å². The maximum atomic E-state index is 12.8. The van der Waals surface area contributed by atoms with Gasteiger partial charge in [-0.05, 0) is 19.3 Å². The molecule has 2 fully saturated rings. The lowest BCUT2D eigenvalue weighted by molar-refractivity contribution is -0.143. The van der Waals surface area contributed by atoms with Crippen molar-refractivity contribution in [2.45, 2.75) is 39.0 Å². The van der Waals surface area contributed by atoms with Gasteiger partial charge in [-0.2, -0.15) is 0 Å². The van der Waals surface area contributed by atoms with Gasteiger partial charge in [-0.15, -0.1) is 0 Å². The molecule has 0 atom stereocenters. The lowest BCUT2D eigenvalue weighted by Gasteiger charge is -2.33. The molecule has 2 rings (SSSR count). The van der Waals surface area contributed by atoms with E-state index in [1.54, 1.807) is 16.7 Å². The number of carbonyl (C=O) groups excluding carboxylic acids is 4. The Hall–Kier alpha value is -2.12. The van der Waals surface area contributed by atoms with Crippen molar-refractivity contribution in [2.75, 3.05) is 46.4 Å². The smallest absolute Gasteiger partial charge is 0.306 e. The van der Waals surface area contributed by atoms with E-state index in [2.05, 4.69) is 4.74 Å². The molecule has 0 unspecified atom stereocenters. The molecule has 8 heteroatoms. The minimum atomic E-state index is -0.387. The van der Waals surface area contributed by atoms with Crippen LogP contribution in [0, 0.1) is 5.92 Å². The lowest BCUT2D eigenvalue weighted by Crippen LogP contribution is -2.45. The minimum absolute atomic E-state index is 0.0350. The molecule has 0 N–H and O–H groups in total. The predicted molar refractivity (Wildman–Crippen MR) is 94.0 cm³/mol. The summed E-state index contributed by atoms with van der Waals surface area (Å²) >= 11 is 0. The van der Waals surface area contributed by atoms with E-state index in [9.17, 15) is 19.2 Å². The van der Waals surface area contributed by atoms with Crippen LogP contribution in [0.1, 0.15) is 39.0 Å². The summed E-state index contributed by atoms with van der Waals surface area (Å²) in [7, 11) is 1.31. The maximum Gasteiger partial charge on any atom is 0.306 e. The third kappa shape index (κ3) is 5.44. The average molecular weight is 367 g/mol. The highest BCUT2D eigenvalue weighted by Crippen LogP contribution is 2.21. The summed E-state index contributed by atoms with van der Waals surface area (Å²) in [4.78, 5) is 52.9. The Bertz CT molecular complexity index is 543. The molecule has 0 radical (unpaired) electrons. The van der Waals surface area contributed by atoms with Crippen LogP contribution in [0.15, 0.2) is 0 Å². The topological polar surface area (TPSA) is 87.2 Å². The van der Waals surface area contributed by atoms with Crippen molar-refractivity contribution in [1.29, 1.82) is 0 Å². The van der Waals surface area contributed by atoms with Crippen LogP contribution in [0.3, 0.4) is 0 Å². The monoisotopic (exact) mass is 367 g/mol. The van der Waals surface area contributed by atoms with Crippen molar-refractivity contribution < 1.29 is 23.9 Å². The van der Waals surface area contributed by atoms with Gasteiger partial charge in [0.25, 0.3) is 0 Å². The summed E-state index contributed by atoms with van der Waals surface area (Å²) in [5, 5.41) is 0. The normalized spacial score (nSPS) is 19.1. The molecule has 0 aromatic rings. The van der Waals surface area contributed by atoms with Gasteiger partial charge in [0.15, 0.2) is 0 Å². The molecule has 2 aliphatic rings. The van der Waals surface area contributed by atoms with Gasteiger partial charge < -0.3 is 19.4 Å². The highest BCUT2D eigenvalue weighted by molar-refractivity contribution is 5.82. The summed E-state index contributed by atoms with van der Waals surface area (Å²) in [6.45, 7) is 5.10. The number of amides is 3. The third-order valence-corrected chi connectivity index (χ3v) is 5.22. The number of esters is 1. The zero-order valence-corrected chi connectivity index (χ0v) is 15.7. The Labute approximate surface area is 154 Å². The summed E-state index contributed by atoms with van der Waals surface area (Å²) in [6, 6.07) is 0. The fourth-order valence-electron chi connectivity index (χ4n) is 3.56. The molecule has 2 heterocycles. The summed E-state index contributed by atoms with van der Waals surface area (Å²) in [6.07, 6.45) is 2.38.